The quantitative estimate of drug-likeness (QED) is 0.822. The molecule has 1 rings (SSSR count). The number of carbonyl (C=O) groups excluding carboxylic acids is 1. The normalized spacial score (nSPS) is 10.6. The van der Waals surface area contributed by atoms with Gasteiger partial charge in [0.05, 0.1) is 0 Å². The van der Waals surface area contributed by atoms with Crippen LogP contribution < -0.4 is 5.32 Å². The Kier molecular flexibility index (Phi) is 6.25. The van der Waals surface area contributed by atoms with Crippen molar-refractivity contribution < 1.29 is 4.79 Å². The van der Waals surface area contributed by atoms with Crippen LogP contribution in [0.5, 0.6) is 0 Å². The maximum Gasteiger partial charge on any atom is 0.274 e. The molecule has 0 aliphatic carbocycles. The van der Waals surface area contributed by atoms with Crippen LogP contribution in [-0.2, 0) is 0 Å². The van der Waals surface area contributed by atoms with Crippen LogP contribution in [0.3, 0.4) is 0 Å². The van der Waals surface area contributed by atoms with Gasteiger partial charge in [0, 0.05) is 19.1 Å². The first kappa shape index (κ1) is 15.4. The van der Waals surface area contributed by atoms with Crippen LogP contribution in [0.15, 0.2) is 12.1 Å². The number of amides is 1. The molecule has 0 radical (unpaired) electrons. The third kappa shape index (κ3) is 4.50. The number of carbonyl (C=O) groups is 1. The topological polar surface area (TPSA) is 58.1 Å². The molecule has 19 heavy (non-hydrogen) atoms. The third-order valence-corrected chi connectivity index (χ3v) is 2.79. The molecule has 1 amide bonds. The van der Waals surface area contributed by atoms with Crippen LogP contribution in [0.1, 0.15) is 51.0 Å². The van der Waals surface area contributed by atoms with Gasteiger partial charge in [-0.1, -0.05) is 13.8 Å². The number of hydrogen-bond acceptors (Lipinski definition) is 4. The van der Waals surface area contributed by atoms with Crippen molar-refractivity contribution in [3.8, 4) is 0 Å². The van der Waals surface area contributed by atoms with Gasteiger partial charge in [0.2, 0.25) is 0 Å². The lowest BCUT2D eigenvalue weighted by atomic mass is 10.2. The molecule has 0 saturated carbocycles. The summed E-state index contributed by atoms with van der Waals surface area (Å²) in [7, 11) is 0. The first-order valence-corrected chi connectivity index (χ1v) is 6.98. The van der Waals surface area contributed by atoms with E-state index in [4.69, 9.17) is 0 Å². The minimum atomic E-state index is -0.0496. The van der Waals surface area contributed by atoms with E-state index in [1.165, 1.54) is 0 Å². The number of hydrogen-bond donors (Lipinski definition) is 1. The predicted molar refractivity (Wildman–Crippen MR) is 77.3 cm³/mol. The van der Waals surface area contributed by atoms with Crippen LogP contribution >= 0.6 is 0 Å². The summed E-state index contributed by atoms with van der Waals surface area (Å²) in [6.07, 6.45) is 1.97. The molecule has 0 bridgehead atoms. The summed E-state index contributed by atoms with van der Waals surface area (Å²) in [6.45, 7) is 9.77. The van der Waals surface area contributed by atoms with Crippen LogP contribution in [0, 0.1) is 0 Å². The maximum absolute atomic E-state index is 12.3. The summed E-state index contributed by atoms with van der Waals surface area (Å²) < 4.78 is 0. The summed E-state index contributed by atoms with van der Waals surface area (Å²) in [5.74, 6) is 0.663. The SMILES string of the molecule is CCCNc1ccc(C(=O)N(CCC)C(C)C)nn1. The van der Waals surface area contributed by atoms with Crippen LogP contribution in [-0.4, -0.2) is 40.1 Å². The number of nitrogens with zero attached hydrogens (tertiary/aromatic N) is 3. The highest BCUT2D eigenvalue weighted by molar-refractivity contribution is 5.92. The predicted octanol–water partition coefficient (Wildman–Crippen LogP) is 2.56. The summed E-state index contributed by atoms with van der Waals surface area (Å²) in [6, 6.07) is 3.71. The third-order valence-electron chi connectivity index (χ3n) is 2.79. The maximum atomic E-state index is 12.3. The Labute approximate surface area is 115 Å². The molecule has 1 N–H and O–H groups in total. The smallest absolute Gasteiger partial charge is 0.274 e. The van der Waals surface area contributed by atoms with Crippen molar-refractivity contribution in [3.63, 3.8) is 0 Å². The molecule has 0 aliphatic rings. The lowest BCUT2D eigenvalue weighted by Crippen LogP contribution is -2.38. The van der Waals surface area contributed by atoms with Gasteiger partial charge < -0.3 is 10.2 Å². The molecule has 1 heterocycles. The van der Waals surface area contributed by atoms with Gasteiger partial charge in [-0.2, -0.15) is 0 Å². The summed E-state index contributed by atoms with van der Waals surface area (Å²) in [5.41, 5.74) is 0.407. The molecule has 0 aromatic carbocycles. The zero-order valence-corrected chi connectivity index (χ0v) is 12.3. The molecule has 0 unspecified atom stereocenters. The van der Waals surface area contributed by atoms with Gasteiger partial charge in [-0.25, -0.2) is 0 Å². The van der Waals surface area contributed by atoms with Crippen LogP contribution in [0.25, 0.3) is 0 Å². The van der Waals surface area contributed by atoms with E-state index in [2.05, 4.69) is 29.4 Å². The second-order valence-corrected chi connectivity index (χ2v) is 4.82. The van der Waals surface area contributed by atoms with E-state index >= 15 is 0 Å². The Morgan fingerprint density at radius 1 is 1.26 bits per heavy atom. The molecule has 0 spiro atoms. The van der Waals surface area contributed by atoms with Crippen molar-refractivity contribution in [2.75, 3.05) is 18.4 Å². The summed E-state index contributed by atoms with van der Waals surface area (Å²) in [5, 5.41) is 11.2. The van der Waals surface area contributed by atoms with E-state index < -0.39 is 0 Å². The van der Waals surface area contributed by atoms with Gasteiger partial charge in [0.15, 0.2) is 5.69 Å². The lowest BCUT2D eigenvalue weighted by molar-refractivity contribution is 0.0698. The highest BCUT2D eigenvalue weighted by Gasteiger charge is 2.19. The fraction of sp³-hybridized carbons (Fsp3) is 0.643. The molecule has 1 aromatic rings. The van der Waals surface area contributed by atoms with Crippen molar-refractivity contribution in [1.82, 2.24) is 15.1 Å². The van der Waals surface area contributed by atoms with Crippen molar-refractivity contribution in [2.45, 2.75) is 46.6 Å². The molecule has 1 aromatic heterocycles. The summed E-state index contributed by atoms with van der Waals surface area (Å²) >= 11 is 0. The number of rotatable bonds is 7. The molecular formula is C14H24N4O. The monoisotopic (exact) mass is 264 g/mol. The van der Waals surface area contributed by atoms with Crippen LogP contribution in [0.2, 0.25) is 0 Å². The van der Waals surface area contributed by atoms with Crippen molar-refractivity contribution in [3.05, 3.63) is 17.8 Å². The van der Waals surface area contributed by atoms with Gasteiger partial charge >= 0.3 is 0 Å². The van der Waals surface area contributed by atoms with E-state index in [9.17, 15) is 4.79 Å². The van der Waals surface area contributed by atoms with Gasteiger partial charge in [-0.15, -0.1) is 10.2 Å². The zero-order valence-electron chi connectivity index (χ0n) is 12.3. The van der Waals surface area contributed by atoms with Gasteiger partial charge in [0.1, 0.15) is 5.82 Å². The number of anilines is 1. The Hall–Kier alpha value is -1.65. The number of aromatic nitrogens is 2. The average molecular weight is 264 g/mol. The van der Waals surface area contributed by atoms with Crippen molar-refractivity contribution in [1.29, 1.82) is 0 Å². The molecule has 106 valence electrons. The molecule has 0 aliphatic heterocycles. The molecule has 0 saturated heterocycles. The van der Waals surface area contributed by atoms with E-state index in [-0.39, 0.29) is 11.9 Å². The van der Waals surface area contributed by atoms with E-state index in [0.29, 0.717) is 11.5 Å². The van der Waals surface area contributed by atoms with Crippen molar-refractivity contribution in [2.24, 2.45) is 0 Å². The Morgan fingerprint density at radius 2 is 2.00 bits per heavy atom. The average Bonchev–Trinajstić information content (AvgIpc) is 2.42. The van der Waals surface area contributed by atoms with Crippen molar-refractivity contribution >= 4 is 11.7 Å². The molecule has 0 atom stereocenters. The largest absolute Gasteiger partial charge is 0.369 e. The summed E-state index contributed by atoms with van der Waals surface area (Å²) in [4.78, 5) is 14.1. The highest BCUT2D eigenvalue weighted by atomic mass is 16.2. The highest BCUT2D eigenvalue weighted by Crippen LogP contribution is 2.08. The second kappa shape index (κ2) is 7.71. The lowest BCUT2D eigenvalue weighted by Gasteiger charge is -2.25. The zero-order chi connectivity index (χ0) is 14.3. The van der Waals surface area contributed by atoms with E-state index in [1.807, 2.05) is 18.7 Å². The fourth-order valence-corrected chi connectivity index (χ4v) is 1.78. The standard InChI is InChI=1S/C14H24N4O/c1-5-9-15-13-8-7-12(16-17-13)14(19)18(10-6-2)11(3)4/h7-8,11H,5-6,9-10H2,1-4H3,(H,15,17). The Morgan fingerprint density at radius 3 is 2.47 bits per heavy atom. The van der Waals surface area contributed by atoms with Gasteiger partial charge in [-0.05, 0) is 38.8 Å². The van der Waals surface area contributed by atoms with E-state index in [0.717, 1.165) is 25.9 Å². The Bertz CT molecular complexity index is 389. The minimum Gasteiger partial charge on any atom is -0.369 e. The van der Waals surface area contributed by atoms with Crippen LogP contribution in [0.4, 0.5) is 5.82 Å². The molecular weight excluding hydrogens is 240 g/mol. The molecule has 5 nitrogen and oxygen atoms in total. The number of nitrogens with one attached hydrogen (secondary N) is 1. The molecule has 5 heteroatoms. The first-order valence-electron chi connectivity index (χ1n) is 6.98. The first-order chi connectivity index (χ1) is 9.10. The fourth-order valence-electron chi connectivity index (χ4n) is 1.78. The van der Waals surface area contributed by atoms with Gasteiger partial charge in [0.25, 0.3) is 5.91 Å². The second-order valence-electron chi connectivity index (χ2n) is 4.82. The van der Waals surface area contributed by atoms with Gasteiger partial charge in [-0.3, -0.25) is 4.79 Å². The minimum absolute atomic E-state index is 0.0496. The molecule has 0 fully saturated rings. The Balaban J connectivity index is 2.75. The van der Waals surface area contributed by atoms with E-state index in [1.54, 1.807) is 12.1 Å².